The van der Waals surface area contributed by atoms with Crippen LogP contribution in [0.3, 0.4) is 0 Å². The van der Waals surface area contributed by atoms with Gasteiger partial charge in [0.25, 0.3) is 5.91 Å². The molecule has 0 saturated heterocycles. The lowest BCUT2D eigenvalue weighted by Gasteiger charge is -2.13. The van der Waals surface area contributed by atoms with Crippen molar-refractivity contribution in [2.45, 2.75) is 0 Å². The van der Waals surface area contributed by atoms with Gasteiger partial charge in [-0.1, -0.05) is 27.5 Å². The number of hydrogen-bond donors (Lipinski definition) is 1. The van der Waals surface area contributed by atoms with Gasteiger partial charge in [0, 0.05) is 10.5 Å². The fraction of sp³-hybridized carbons (Fsp3) is 0.176. The van der Waals surface area contributed by atoms with E-state index in [0.29, 0.717) is 27.8 Å². The van der Waals surface area contributed by atoms with Crippen molar-refractivity contribution < 1.29 is 23.8 Å². The summed E-state index contributed by atoms with van der Waals surface area (Å²) in [6.45, 7) is -0.443. The lowest BCUT2D eigenvalue weighted by Crippen LogP contribution is -2.21. The van der Waals surface area contributed by atoms with Crippen LogP contribution < -0.4 is 14.8 Å². The molecule has 0 aliphatic rings. The van der Waals surface area contributed by atoms with E-state index in [2.05, 4.69) is 21.2 Å². The van der Waals surface area contributed by atoms with Crippen LogP contribution in [0.25, 0.3) is 0 Å². The highest BCUT2D eigenvalue weighted by Crippen LogP contribution is 2.35. The number of rotatable bonds is 6. The zero-order chi connectivity index (χ0) is 18.4. The number of esters is 1. The minimum atomic E-state index is -0.595. The number of carbonyl (C=O) groups is 2. The zero-order valence-corrected chi connectivity index (χ0v) is 15.8. The third kappa shape index (κ3) is 5.11. The van der Waals surface area contributed by atoms with Crippen molar-refractivity contribution in [3.63, 3.8) is 0 Å². The van der Waals surface area contributed by atoms with Gasteiger partial charge in [-0.05, 0) is 30.3 Å². The maximum absolute atomic E-state index is 12.0. The van der Waals surface area contributed by atoms with Crippen LogP contribution >= 0.6 is 27.5 Å². The number of hydrogen-bond acceptors (Lipinski definition) is 5. The molecular weight excluding hydrogens is 414 g/mol. The molecule has 2 aromatic rings. The van der Waals surface area contributed by atoms with Crippen molar-refractivity contribution in [3.05, 3.63) is 51.5 Å². The first-order valence-corrected chi connectivity index (χ1v) is 8.25. The molecule has 0 aliphatic carbocycles. The Bertz CT molecular complexity index is 779. The molecule has 0 fully saturated rings. The van der Waals surface area contributed by atoms with E-state index in [9.17, 15) is 9.59 Å². The van der Waals surface area contributed by atoms with Crippen LogP contribution in [0.4, 0.5) is 5.69 Å². The third-order valence-electron chi connectivity index (χ3n) is 3.16. The molecule has 0 saturated carbocycles. The van der Waals surface area contributed by atoms with Crippen LogP contribution in [-0.2, 0) is 9.53 Å². The Labute approximate surface area is 158 Å². The summed E-state index contributed by atoms with van der Waals surface area (Å²) in [6.07, 6.45) is 0. The SMILES string of the molecule is COc1cc(OC)c(NC(=O)COC(=O)c2ccc(Br)cc2)cc1Cl. The molecule has 0 atom stereocenters. The van der Waals surface area contributed by atoms with Crippen molar-refractivity contribution in [1.82, 2.24) is 0 Å². The van der Waals surface area contributed by atoms with Gasteiger partial charge in [0.15, 0.2) is 6.61 Å². The van der Waals surface area contributed by atoms with Gasteiger partial charge in [-0.15, -0.1) is 0 Å². The van der Waals surface area contributed by atoms with Gasteiger partial charge in [0.2, 0.25) is 0 Å². The standard InChI is InChI=1S/C17H15BrClNO5/c1-23-14-8-15(24-2)13(7-12(14)19)20-16(21)9-25-17(22)10-3-5-11(18)6-4-10/h3-8H,9H2,1-2H3,(H,20,21). The molecule has 2 rings (SSSR count). The van der Waals surface area contributed by atoms with Crippen LogP contribution in [0, 0.1) is 0 Å². The second kappa shape index (κ2) is 8.73. The van der Waals surface area contributed by atoms with Gasteiger partial charge >= 0.3 is 5.97 Å². The minimum absolute atomic E-state index is 0.311. The van der Waals surface area contributed by atoms with E-state index >= 15 is 0 Å². The number of amides is 1. The van der Waals surface area contributed by atoms with Gasteiger partial charge < -0.3 is 19.5 Å². The first kappa shape index (κ1) is 19.1. The van der Waals surface area contributed by atoms with Gasteiger partial charge in [-0.2, -0.15) is 0 Å². The summed E-state index contributed by atoms with van der Waals surface area (Å²) in [5.74, 6) is -0.334. The predicted octanol–water partition coefficient (Wildman–Crippen LogP) is 3.92. The number of halogens is 2. The summed E-state index contributed by atoms with van der Waals surface area (Å²) in [5.41, 5.74) is 0.694. The summed E-state index contributed by atoms with van der Waals surface area (Å²) in [6, 6.07) is 9.65. The fourth-order valence-corrected chi connectivity index (χ4v) is 2.45. The van der Waals surface area contributed by atoms with Crippen LogP contribution in [0.2, 0.25) is 5.02 Å². The molecule has 8 heteroatoms. The summed E-state index contributed by atoms with van der Waals surface area (Å²) in [5, 5.41) is 2.89. The fourth-order valence-electron chi connectivity index (χ4n) is 1.94. The summed E-state index contributed by atoms with van der Waals surface area (Å²) >= 11 is 9.32. The Morgan fingerprint density at radius 1 is 1.08 bits per heavy atom. The van der Waals surface area contributed by atoms with Gasteiger partial charge in [-0.3, -0.25) is 4.79 Å². The topological polar surface area (TPSA) is 73.9 Å². The molecule has 25 heavy (non-hydrogen) atoms. The predicted molar refractivity (Wildman–Crippen MR) is 97.6 cm³/mol. The largest absolute Gasteiger partial charge is 0.495 e. The zero-order valence-electron chi connectivity index (χ0n) is 13.5. The number of ether oxygens (including phenoxy) is 3. The Morgan fingerprint density at radius 3 is 2.32 bits per heavy atom. The third-order valence-corrected chi connectivity index (χ3v) is 3.99. The maximum Gasteiger partial charge on any atom is 0.338 e. The molecule has 132 valence electrons. The highest BCUT2D eigenvalue weighted by atomic mass is 79.9. The molecule has 0 aliphatic heterocycles. The smallest absolute Gasteiger partial charge is 0.338 e. The molecular formula is C17H15BrClNO5. The average Bonchev–Trinajstić information content (AvgIpc) is 2.60. The van der Waals surface area contributed by atoms with E-state index < -0.39 is 18.5 Å². The number of methoxy groups -OCH3 is 2. The molecule has 0 bridgehead atoms. The Kier molecular flexibility index (Phi) is 6.66. The summed E-state index contributed by atoms with van der Waals surface area (Å²) < 4.78 is 16.1. The molecule has 0 unspecified atom stereocenters. The van der Waals surface area contributed by atoms with Gasteiger partial charge in [0.1, 0.15) is 11.5 Å². The molecule has 6 nitrogen and oxygen atoms in total. The van der Waals surface area contributed by atoms with E-state index in [0.717, 1.165) is 4.47 Å². The summed E-state index contributed by atoms with van der Waals surface area (Å²) in [7, 11) is 2.92. The van der Waals surface area contributed by atoms with Crippen molar-refractivity contribution in [1.29, 1.82) is 0 Å². The molecule has 0 aromatic heterocycles. The first-order valence-electron chi connectivity index (χ1n) is 7.08. The van der Waals surface area contributed by atoms with E-state index in [-0.39, 0.29) is 0 Å². The van der Waals surface area contributed by atoms with Crippen LogP contribution in [0.5, 0.6) is 11.5 Å². The van der Waals surface area contributed by atoms with E-state index in [1.807, 2.05) is 0 Å². The molecule has 1 N–H and O–H groups in total. The van der Waals surface area contributed by atoms with E-state index in [4.69, 9.17) is 25.8 Å². The molecule has 0 spiro atoms. The second-order valence-corrected chi connectivity index (χ2v) is 6.14. The Hall–Kier alpha value is -2.25. The Balaban J connectivity index is 1.99. The van der Waals surface area contributed by atoms with Crippen molar-refractivity contribution in [2.75, 3.05) is 26.1 Å². The lowest BCUT2D eigenvalue weighted by atomic mass is 10.2. The van der Waals surface area contributed by atoms with Crippen LogP contribution in [0.15, 0.2) is 40.9 Å². The highest BCUT2D eigenvalue weighted by molar-refractivity contribution is 9.10. The van der Waals surface area contributed by atoms with E-state index in [1.54, 1.807) is 30.3 Å². The maximum atomic E-state index is 12.0. The van der Waals surface area contributed by atoms with Gasteiger partial charge in [0.05, 0.1) is 30.5 Å². The number of benzene rings is 2. The van der Waals surface area contributed by atoms with Crippen molar-refractivity contribution >= 4 is 45.1 Å². The monoisotopic (exact) mass is 427 g/mol. The minimum Gasteiger partial charge on any atom is -0.495 e. The normalized spacial score (nSPS) is 10.1. The van der Waals surface area contributed by atoms with Gasteiger partial charge in [-0.25, -0.2) is 4.79 Å². The molecule has 0 heterocycles. The van der Waals surface area contributed by atoms with Crippen LogP contribution in [-0.4, -0.2) is 32.7 Å². The molecule has 2 aromatic carbocycles. The second-order valence-electron chi connectivity index (χ2n) is 4.82. The summed E-state index contributed by atoms with van der Waals surface area (Å²) in [4.78, 5) is 23.9. The quantitative estimate of drug-likeness (QED) is 0.706. The Morgan fingerprint density at radius 2 is 1.72 bits per heavy atom. The first-order chi connectivity index (χ1) is 11.9. The average molecular weight is 429 g/mol. The van der Waals surface area contributed by atoms with Crippen molar-refractivity contribution in [2.24, 2.45) is 0 Å². The number of carbonyl (C=O) groups excluding carboxylic acids is 2. The number of anilines is 1. The number of nitrogens with one attached hydrogen (secondary N) is 1. The highest BCUT2D eigenvalue weighted by Gasteiger charge is 2.14. The van der Waals surface area contributed by atoms with E-state index in [1.165, 1.54) is 20.3 Å². The molecule has 0 radical (unpaired) electrons. The lowest BCUT2D eigenvalue weighted by molar-refractivity contribution is -0.119. The van der Waals surface area contributed by atoms with Crippen LogP contribution in [0.1, 0.15) is 10.4 Å². The molecule has 1 amide bonds. The van der Waals surface area contributed by atoms with Crippen molar-refractivity contribution in [3.8, 4) is 11.5 Å².